The van der Waals surface area contributed by atoms with Gasteiger partial charge in [0.15, 0.2) is 11.5 Å². The fraction of sp³-hybridized carbons (Fsp3) is 0.429. The Hall–Kier alpha value is -2.28. The number of amides is 1. The zero-order valence-corrected chi connectivity index (χ0v) is 11.8. The average molecular weight is 295 g/mol. The number of ether oxygens (including phenoxy) is 2. The number of carboxylic acids is 1. The lowest BCUT2D eigenvalue weighted by molar-refractivity contribution is -0.141. The molecule has 7 heteroatoms. The number of β-amino-alcohol motifs (C(OH)–C–C–N with tert-alkyl or cyclic N) is 1. The van der Waals surface area contributed by atoms with Crippen molar-refractivity contribution in [2.45, 2.75) is 18.6 Å². The first-order chi connectivity index (χ1) is 9.99. The largest absolute Gasteiger partial charge is 0.493 e. The van der Waals surface area contributed by atoms with Crippen LogP contribution in [0.25, 0.3) is 0 Å². The van der Waals surface area contributed by atoms with E-state index in [1.807, 2.05) is 0 Å². The van der Waals surface area contributed by atoms with E-state index in [1.165, 1.54) is 20.3 Å². The highest BCUT2D eigenvalue weighted by atomic mass is 16.5. The SMILES string of the molecule is COc1cccc(C(=O)N2CC(O)C[C@H]2C(=O)O)c1OC. The second-order valence-corrected chi connectivity index (χ2v) is 4.74. The summed E-state index contributed by atoms with van der Waals surface area (Å²) >= 11 is 0. The number of aliphatic hydroxyl groups is 1. The molecule has 1 heterocycles. The Kier molecular flexibility index (Phi) is 4.32. The molecule has 2 N–H and O–H groups in total. The highest BCUT2D eigenvalue weighted by Crippen LogP contribution is 2.33. The molecule has 114 valence electrons. The number of carbonyl (C=O) groups excluding carboxylic acids is 1. The third kappa shape index (κ3) is 2.78. The molecular formula is C14H17NO6. The summed E-state index contributed by atoms with van der Waals surface area (Å²) in [5.74, 6) is -1.01. The van der Waals surface area contributed by atoms with Crippen molar-refractivity contribution in [2.75, 3.05) is 20.8 Å². The monoisotopic (exact) mass is 295 g/mol. The van der Waals surface area contributed by atoms with E-state index in [0.717, 1.165) is 4.90 Å². The van der Waals surface area contributed by atoms with Gasteiger partial charge in [-0.25, -0.2) is 4.79 Å². The number of para-hydroxylation sites is 1. The van der Waals surface area contributed by atoms with E-state index in [4.69, 9.17) is 14.6 Å². The molecule has 2 rings (SSSR count). The van der Waals surface area contributed by atoms with E-state index in [2.05, 4.69) is 0 Å². The van der Waals surface area contributed by atoms with E-state index >= 15 is 0 Å². The minimum atomic E-state index is -1.14. The van der Waals surface area contributed by atoms with Crippen molar-refractivity contribution in [3.63, 3.8) is 0 Å². The molecule has 1 saturated heterocycles. The molecule has 1 unspecified atom stereocenters. The standard InChI is InChI=1S/C14H17NO6/c1-20-11-5-3-4-9(12(11)21-2)13(17)15-7-8(16)6-10(15)14(18)19/h3-5,8,10,16H,6-7H2,1-2H3,(H,18,19)/t8?,10-/m0/s1. The van der Waals surface area contributed by atoms with E-state index in [1.54, 1.807) is 12.1 Å². The van der Waals surface area contributed by atoms with Crippen LogP contribution >= 0.6 is 0 Å². The van der Waals surface area contributed by atoms with Gasteiger partial charge in [-0.2, -0.15) is 0 Å². The van der Waals surface area contributed by atoms with Crippen LogP contribution in [-0.2, 0) is 4.79 Å². The first-order valence-corrected chi connectivity index (χ1v) is 6.42. The van der Waals surface area contributed by atoms with Gasteiger partial charge in [0.2, 0.25) is 0 Å². The normalized spacial score (nSPS) is 21.2. The van der Waals surface area contributed by atoms with Gasteiger partial charge in [0.05, 0.1) is 25.9 Å². The van der Waals surface area contributed by atoms with Crippen LogP contribution in [0.15, 0.2) is 18.2 Å². The molecule has 0 spiro atoms. The number of rotatable bonds is 4. The predicted molar refractivity (Wildman–Crippen MR) is 72.6 cm³/mol. The molecule has 0 bridgehead atoms. The lowest BCUT2D eigenvalue weighted by Crippen LogP contribution is -2.40. The number of carbonyl (C=O) groups is 2. The molecule has 1 aliphatic rings. The summed E-state index contributed by atoms with van der Waals surface area (Å²) in [5.41, 5.74) is 0.206. The Morgan fingerprint density at radius 3 is 2.57 bits per heavy atom. The van der Waals surface area contributed by atoms with Gasteiger partial charge in [-0.3, -0.25) is 4.79 Å². The van der Waals surface area contributed by atoms with Gasteiger partial charge in [-0.1, -0.05) is 6.07 Å². The minimum absolute atomic E-state index is 0.0177. The molecule has 0 radical (unpaired) electrons. The van der Waals surface area contributed by atoms with Crippen molar-refractivity contribution >= 4 is 11.9 Å². The zero-order valence-electron chi connectivity index (χ0n) is 11.8. The number of aliphatic hydroxyl groups excluding tert-OH is 1. The number of methoxy groups -OCH3 is 2. The highest BCUT2D eigenvalue weighted by Gasteiger charge is 2.40. The summed E-state index contributed by atoms with van der Waals surface area (Å²) in [5, 5.41) is 18.8. The molecule has 1 aromatic carbocycles. The fourth-order valence-electron chi connectivity index (χ4n) is 2.48. The highest BCUT2D eigenvalue weighted by molar-refractivity contribution is 6.00. The third-order valence-electron chi connectivity index (χ3n) is 3.46. The smallest absolute Gasteiger partial charge is 0.326 e. The minimum Gasteiger partial charge on any atom is -0.493 e. The summed E-state index contributed by atoms with van der Waals surface area (Å²) in [7, 11) is 2.86. The summed E-state index contributed by atoms with van der Waals surface area (Å²) in [6.07, 6.45) is -0.820. The maximum atomic E-state index is 12.6. The van der Waals surface area contributed by atoms with Gasteiger partial charge < -0.3 is 24.6 Å². The van der Waals surface area contributed by atoms with Crippen LogP contribution in [0.1, 0.15) is 16.8 Å². The second kappa shape index (κ2) is 6.01. The maximum absolute atomic E-state index is 12.6. The number of aliphatic carboxylic acids is 1. The Balaban J connectivity index is 2.38. The molecule has 1 aromatic rings. The molecular weight excluding hydrogens is 278 g/mol. The number of likely N-dealkylation sites (tertiary alicyclic amines) is 1. The van der Waals surface area contributed by atoms with Crippen LogP contribution in [0.3, 0.4) is 0 Å². The van der Waals surface area contributed by atoms with Gasteiger partial charge in [-0.15, -0.1) is 0 Å². The van der Waals surface area contributed by atoms with Crippen molar-refractivity contribution in [3.8, 4) is 11.5 Å². The number of carboxylic acid groups (broad SMARTS) is 1. The zero-order chi connectivity index (χ0) is 15.6. The molecule has 21 heavy (non-hydrogen) atoms. The number of hydrogen-bond acceptors (Lipinski definition) is 5. The Bertz CT molecular complexity index is 558. The van der Waals surface area contributed by atoms with Crippen molar-refractivity contribution in [2.24, 2.45) is 0 Å². The number of nitrogens with zero attached hydrogens (tertiary/aromatic N) is 1. The van der Waals surface area contributed by atoms with Crippen LogP contribution in [-0.4, -0.2) is 59.9 Å². The molecule has 1 aliphatic heterocycles. The lowest BCUT2D eigenvalue weighted by Gasteiger charge is -2.22. The Labute approximate surface area is 121 Å². The van der Waals surface area contributed by atoms with Crippen molar-refractivity contribution in [1.82, 2.24) is 4.90 Å². The molecule has 0 aromatic heterocycles. The molecule has 1 amide bonds. The first-order valence-electron chi connectivity index (χ1n) is 6.42. The van der Waals surface area contributed by atoms with Crippen molar-refractivity contribution in [3.05, 3.63) is 23.8 Å². The van der Waals surface area contributed by atoms with Gasteiger partial charge in [-0.05, 0) is 12.1 Å². The first kappa shape index (κ1) is 15.1. The number of hydrogen-bond donors (Lipinski definition) is 2. The fourth-order valence-corrected chi connectivity index (χ4v) is 2.48. The summed E-state index contributed by atoms with van der Waals surface area (Å²) < 4.78 is 10.3. The van der Waals surface area contributed by atoms with E-state index < -0.39 is 24.0 Å². The van der Waals surface area contributed by atoms with Gasteiger partial charge in [0.25, 0.3) is 5.91 Å². The topological polar surface area (TPSA) is 96.3 Å². The van der Waals surface area contributed by atoms with Gasteiger partial charge >= 0.3 is 5.97 Å². The molecule has 7 nitrogen and oxygen atoms in total. The number of benzene rings is 1. The third-order valence-corrected chi connectivity index (χ3v) is 3.46. The van der Waals surface area contributed by atoms with Crippen LogP contribution in [0, 0.1) is 0 Å². The van der Waals surface area contributed by atoms with Gasteiger partial charge in [0, 0.05) is 13.0 Å². The summed E-state index contributed by atoms with van der Waals surface area (Å²) in [6.45, 7) is -0.0177. The van der Waals surface area contributed by atoms with Gasteiger partial charge in [0.1, 0.15) is 6.04 Å². The van der Waals surface area contributed by atoms with Crippen molar-refractivity contribution in [1.29, 1.82) is 0 Å². The Morgan fingerprint density at radius 1 is 1.29 bits per heavy atom. The van der Waals surface area contributed by atoms with Crippen molar-refractivity contribution < 1.29 is 29.3 Å². The van der Waals surface area contributed by atoms with E-state index in [-0.39, 0.29) is 24.3 Å². The van der Waals surface area contributed by atoms with Crippen LogP contribution in [0.4, 0.5) is 0 Å². The average Bonchev–Trinajstić information content (AvgIpc) is 2.87. The predicted octanol–water partition coefficient (Wildman–Crippen LogP) is 0.364. The quantitative estimate of drug-likeness (QED) is 0.833. The van der Waals surface area contributed by atoms with Crippen LogP contribution < -0.4 is 9.47 Å². The second-order valence-electron chi connectivity index (χ2n) is 4.74. The molecule has 0 aliphatic carbocycles. The molecule has 2 atom stereocenters. The maximum Gasteiger partial charge on any atom is 0.326 e. The summed E-state index contributed by atoms with van der Waals surface area (Å²) in [6, 6.07) is 3.76. The molecule has 0 saturated carbocycles. The van der Waals surface area contributed by atoms with Crippen LogP contribution in [0.5, 0.6) is 11.5 Å². The summed E-state index contributed by atoms with van der Waals surface area (Å²) in [4.78, 5) is 24.9. The Morgan fingerprint density at radius 2 is 2.00 bits per heavy atom. The van der Waals surface area contributed by atoms with Crippen LogP contribution in [0.2, 0.25) is 0 Å². The lowest BCUT2D eigenvalue weighted by atomic mass is 10.1. The van der Waals surface area contributed by atoms with E-state index in [9.17, 15) is 14.7 Å². The van der Waals surface area contributed by atoms with E-state index in [0.29, 0.717) is 5.75 Å². The molecule has 1 fully saturated rings.